The molecule has 4 nitrogen and oxygen atoms in total. The fraction of sp³-hybridized carbons (Fsp3) is 0.643. The number of alkyl halides is 2. The summed E-state index contributed by atoms with van der Waals surface area (Å²) in [5.41, 5.74) is 0. The molecule has 1 aromatic heterocycles. The Morgan fingerprint density at radius 1 is 1.43 bits per heavy atom. The van der Waals surface area contributed by atoms with Crippen LogP contribution in [0.15, 0.2) is 16.5 Å². The number of rotatable bonds is 5. The standard InChI is InChI=1S/C14H19F2NO3S/c15-14(16)21-9-11-5-6-12(20-11)13(19)17-7-3-1-2-4-10(17)8-18/h5-6,10,14,18H,1-4,7-9H2. The second-order valence-corrected chi connectivity index (χ2v) is 6.00. The van der Waals surface area contributed by atoms with E-state index >= 15 is 0 Å². The Kier molecular flexibility index (Phi) is 6.05. The van der Waals surface area contributed by atoms with Gasteiger partial charge in [0.1, 0.15) is 5.76 Å². The molecule has 0 aliphatic carbocycles. The maximum Gasteiger partial charge on any atom is 0.289 e. The van der Waals surface area contributed by atoms with Crippen LogP contribution < -0.4 is 0 Å². The fourth-order valence-electron chi connectivity index (χ4n) is 2.49. The fourth-order valence-corrected chi connectivity index (χ4v) is 2.94. The summed E-state index contributed by atoms with van der Waals surface area (Å²) in [7, 11) is 0. The smallest absolute Gasteiger partial charge is 0.289 e. The van der Waals surface area contributed by atoms with Crippen LogP contribution in [-0.4, -0.2) is 40.9 Å². The van der Waals surface area contributed by atoms with Gasteiger partial charge >= 0.3 is 0 Å². The van der Waals surface area contributed by atoms with Gasteiger partial charge in [-0.05, 0) is 25.0 Å². The summed E-state index contributed by atoms with van der Waals surface area (Å²) in [5, 5.41) is 9.42. The summed E-state index contributed by atoms with van der Waals surface area (Å²) in [4.78, 5) is 14.1. The molecule has 0 radical (unpaired) electrons. The van der Waals surface area contributed by atoms with Gasteiger partial charge in [-0.1, -0.05) is 24.6 Å². The highest BCUT2D eigenvalue weighted by atomic mass is 32.2. The van der Waals surface area contributed by atoms with Crippen molar-refractivity contribution in [3.8, 4) is 0 Å². The molecule has 0 saturated carbocycles. The Bertz CT molecular complexity index is 467. The van der Waals surface area contributed by atoms with Gasteiger partial charge in [0, 0.05) is 6.54 Å². The molecule has 1 N–H and O–H groups in total. The van der Waals surface area contributed by atoms with E-state index in [0.29, 0.717) is 24.1 Å². The maximum atomic E-state index is 12.4. The van der Waals surface area contributed by atoms with Crippen molar-refractivity contribution in [1.29, 1.82) is 0 Å². The van der Waals surface area contributed by atoms with Crippen molar-refractivity contribution in [2.75, 3.05) is 13.2 Å². The summed E-state index contributed by atoms with van der Waals surface area (Å²) in [6.07, 6.45) is 3.70. The second-order valence-electron chi connectivity index (χ2n) is 5.02. The average molecular weight is 319 g/mol. The Hall–Kier alpha value is -1.08. The van der Waals surface area contributed by atoms with Gasteiger partial charge in [0.15, 0.2) is 5.76 Å². The van der Waals surface area contributed by atoms with Crippen LogP contribution >= 0.6 is 11.8 Å². The number of hydrogen-bond donors (Lipinski definition) is 1. The van der Waals surface area contributed by atoms with Crippen molar-refractivity contribution in [1.82, 2.24) is 4.90 Å². The van der Waals surface area contributed by atoms with Crippen molar-refractivity contribution >= 4 is 17.7 Å². The van der Waals surface area contributed by atoms with E-state index in [1.165, 1.54) is 6.07 Å². The summed E-state index contributed by atoms with van der Waals surface area (Å²) in [6.45, 7) is 0.520. The largest absolute Gasteiger partial charge is 0.455 e. The predicted octanol–water partition coefficient (Wildman–Crippen LogP) is 3.11. The zero-order valence-electron chi connectivity index (χ0n) is 11.6. The van der Waals surface area contributed by atoms with Crippen LogP contribution in [0.2, 0.25) is 0 Å². The number of amides is 1. The highest BCUT2D eigenvalue weighted by Crippen LogP contribution is 2.23. The maximum absolute atomic E-state index is 12.4. The van der Waals surface area contributed by atoms with Gasteiger partial charge in [0.2, 0.25) is 0 Å². The molecule has 0 spiro atoms. The number of nitrogens with zero attached hydrogens (tertiary/aromatic N) is 1. The first-order valence-corrected chi connectivity index (χ1v) is 8.07. The number of halogens is 2. The van der Waals surface area contributed by atoms with Crippen molar-refractivity contribution in [3.05, 3.63) is 23.7 Å². The number of carbonyl (C=O) groups excluding carboxylic acids is 1. The number of thioether (sulfide) groups is 1. The van der Waals surface area contributed by atoms with Crippen LogP contribution in [0.3, 0.4) is 0 Å². The van der Waals surface area contributed by atoms with E-state index in [-0.39, 0.29) is 30.1 Å². The first-order chi connectivity index (χ1) is 10.1. The highest BCUT2D eigenvalue weighted by Gasteiger charge is 2.27. The number of carbonyl (C=O) groups is 1. The lowest BCUT2D eigenvalue weighted by Gasteiger charge is -2.27. The quantitative estimate of drug-likeness (QED) is 0.906. The first-order valence-electron chi connectivity index (χ1n) is 7.02. The molecule has 1 saturated heterocycles. The number of likely N-dealkylation sites (tertiary alicyclic amines) is 1. The molecule has 1 unspecified atom stereocenters. The minimum atomic E-state index is -2.46. The SMILES string of the molecule is O=C(c1ccc(CSC(F)F)o1)N1CCCCCC1CO. The van der Waals surface area contributed by atoms with E-state index in [1.54, 1.807) is 11.0 Å². The monoisotopic (exact) mass is 319 g/mol. The lowest BCUT2D eigenvalue weighted by Crippen LogP contribution is -2.41. The van der Waals surface area contributed by atoms with Crippen LogP contribution in [-0.2, 0) is 5.75 Å². The van der Waals surface area contributed by atoms with Crippen LogP contribution in [0.4, 0.5) is 8.78 Å². The number of aliphatic hydroxyl groups is 1. The summed E-state index contributed by atoms with van der Waals surface area (Å²) in [5.74, 6) is -2.18. The minimum absolute atomic E-state index is 0.0361. The molecule has 2 rings (SSSR count). The van der Waals surface area contributed by atoms with Gasteiger partial charge in [-0.25, -0.2) is 0 Å². The molecule has 118 valence electrons. The van der Waals surface area contributed by atoms with Crippen molar-refractivity contribution in [3.63, 3.8) is 0 Å². The number of aliphatic hydroxyl groups excluding tert-OH is 1. The van der Waals surface area contributed by atoms with Crippen LogP contribution in [0.5, 0.6) is 0 Å². The van der Waals surface area contributed by atoms with Gasteiger partial charge < -0.3 is 14.4 Å². The first kappa shape index (κ1) is 16.3. The van der Waals surface area contributed by atoms with Crippen molar-refractivity contribution in [2.45, 2.75) is 43.2 Å². The number of furan rings is 1. The van der Waals surface area contributed by atoms with Gasteiger partial charge in [0.05, 0.1) is 18.4 Å². The van der Waals surface area contributed by atoms with E-state index in [9.17, 15) is 18.7 Å². The summed E-state index contributed by atoms with van der Waals surface area (Å²) in [6, 6.07) is 2.88. The van der Waals surface area contributed by atoms with Crippen molar-refractivity contribution in [2.24, 2.45) is 0 Å². The zero-order valence-corrected chi connectivity index (χ0v) is 12.5. The van der Waals surface area contributed by atoms with Crippen molar-refractivity contribution < 1.29 is 23.1 Å². The average Bonchev–Trinajstić information content (AvgIpc) is 2.81. The van der Waals surface area contributed by atoms with Gasteiger partial charge in [-0.2, -0.15) is 8.78 Å². The van der Waals surface area contributed by atoms with Crippen LogP contribution in [0.1, 0.15) is 42.0 Å². The molecule has 7 heteroatoms. The zero-order chi connectivity index (χ0) is 15.2. The Morgan fingerprint density at radius 2 is 2.24 bits per heavy atom. The molecule has 1 aliphatic heterocycles. The molecule has 1 aromatic rings. The van der Waals surface area contributed by atoms with Crippen LogP contribution in [0.25, 0.3) is 0 Å². The molecule has 0 bridgehead atoms. The summed E-state index contributed by atoms with van der Waals surface area (Å²) >= 11 is 0.461. The molecule has 1 fully saturated rings. The topological polar surface area (TPSA) is 53.7 Å². The lowest BCUT2D eigenvalue weighted by atomic mass is 10.1. The molecular formula is C14H19F2NO3S. The number of hydrogen-bond acceptors (Lipinski definition) is 4. The highest BCUT2D eigenvalue weighted by molar-refractivity contribution is 7.98. The van der Waals surface area contributed by atoms with Gasteiger partial charge in [-0.3, -0.25) is 4.79 Å². The van der Waals surface area contributed by atoms with E-state index in [2.05, 4.69) is 0 Å². The lowest BCUT2D eigenvalue weighted by molar-refractivity contribution is 0.0567. The van der Waals surface area contributed by atoms with Gasteiger partial charge in [-0.15, -0.1) is 0 Å². The Morgan fingerprint density at radius 3 is 2.95 bits per heavy atom. The predicted molar refractivity (Wildman–Crippen MR) is 76.4 cm³/mol. The molecule has 1 amide bonds. The van der Waals surface area contributed by atoms with E-state index in [1.807, 2.05) is 0 Å². The third kappa shape index (κ3) is 4.44. The summed E-state index contributed by atoms with van der Waals surface area (Å²) < 4.78 is 29.6. The molecule has 1 aliphatic rings. The minimum Gasteiger partial charge on any atom is -0.455 e. The Labute approximate surface area is 126 Å². The van der Waals surface area contributed by atoms with E-state index < -0.39 is 5.76 Å². The third-order valence-corrected chi connectivity index (χ3v) is 4.28. The third-order valence-electron chi connectivity index (χ3n) is 3.57. The van der Waals surface area contributed by atoms with E-state index in [4.69, 9.17) is 4.42 Å². The molecule has 21 heavy (non-hydrogen) atoms. The Balaban J connectivity index is 2.04. The molecule has 1 atom stereocenters. The second kappa shape index (κ2) is 7.79. The normalized spacial score (nSPS) is 19.8. The molecule has 2 heterocycles. The van der Waals surface area contributed by atoms with Crippen LogP contribution in [0, 0.1) is 0 Å². The molecule has 0 aromatic carbocycles. The molecular weight excluding hydrogens is 300 g/mol. The van der Waals surface area contributed by atoms with E-state index in [0.717, 1.165) is 25.7 Å². The van der Waals surface area contributed by atoms with Gasteiger partial charge in [0.25, 0.3) is 11.7 Å².